The average Bonchev–Trinajstić information content (AvgIpc) is 3.26. The molecule has 37 heavy (non-hydrogen) atoms. The number of hydrogen-bond donors (Lipinski definition) is 1. The van der Waals surface area contributed by atoms with Crippen molar-refractivity contribution in [2.75, 3.05) is 0 Å². The molecule has 0 spiro atoms. The summed E-state index contributed by atoms with van der Waals surface area (Å²) in [5.74, 6) is 0.0169. The van der Waals surface area contributed by atoms with Crippen molar-refractivity contribution in [2.45, 2.75) is 20.5 Å². The third-order valence-corrected chi connectivity index (χ3v) is 6.26. The maximum atomic E-state index is 13.2. The molecule has 1 heterocycles. The molecule has 0 aliphatic heterocycles. The SMILES string of the molecule is Cc1ccc(C)n1-c1ccc(C(=O)N/N=C/c2c(OCc3ccc(F)cc3)ccc3ccccc23)cc1. The van der Waals surface area contributed by atoms with Crippen LogP contribution in [0.3, 0.4) is 0 Å². The van der Waals surface area contributed by atoms with Crippen LogP contribution in [-0.2, 0) is 6.61 Å². The molecule has 0 bridgehead atoms. The summed E-state index contributed by atoms with van der Waals surface area (Å²) in [7, 11) is 0. The number of nitrogens with one attached hydrogen (secondary N) is 1. The van der Waals surface area contributed by atoms with Crippen LogP contribution in [0.15, 0.2) is 102 Å². The minimum atomic E-state index is -0.308. The lowest BCUT2D eigenvalue weighted by Gasteiger charge is -2.12. The van der Waals surface area contributed by atoms with E-state index >= 15 is 0 Å². The summed E-state index contributed by atoms with van der Waals surface area (Å²) in [6.45, 7) is 4.37. The second-order valence-electron chi connectivity index (χ2n) is 8.81. The van der Waals surface area contributed by atoms with Crippen molar-refractivity contribution in [3.05, 3.63) is 131 Å². The van der Waals surface area contributed by atoms with Crippen molar-refractivity contribution in [3.63, 3.8) is 0 Å². The summed E-state index contributed by atoms with van der Waals surface area (Å²) >= 11 is 0. The van der Waals surface area contributed by atoms with Gasteiger partial charge in [0.05, 0.1) is 6.21 Å². The smallest absolute Gasteiger partial charge is 0.271 e. The minimum absolute atomic E-state index is 0.276. The Morgan fingerprint density at radius 1 is 0.892 bits per heavy atom. The van der Waals surface area contributed by atoms with E-state index in [1.165, 1.54) is 12.1 Å². The van der Waals surface area contributed by atoms with Crippen LogP contribution in [0.4, 0.5) is 4.39 Å². The van der Waals surface area contributed by atoms with Gasteiger partial charge in [-0.3, -0.25) is 4.79 Å². The molecule has 4 aromatic carbocycles. The molecule has 6 heteroatoms. The third-order valence-electron chi connectivity index (χ3n) is 6.26. The molecule has 184 valence electrons. The van der Waals surface area contributed by atoms with Gasteiger partial charge < -0.3 is 9.30 Å². The largest absolute Gasteiger partial charge is 0.488 e. The number of benzene rings is 4. The van der Waals surface area contributed by atoms with E-state index in [1.807, 2.05) is 62.4 Å². The fourth-order valence-corrected chi connectivity index (χ4v) is 4.33. The number of aryl methyl sites for hydroxylation is 2. The molecule has 1 amide bonds. The molecule has 0 atom stereocenters. The summed E-state index contributed by atoms with van der Waals surface area (Å²) < 4.78 is 21.4. The van der Waals surface area contributed by atoms with Gasteiger partial charge in [0.25, 0.3) is 5.91 Å². The van der Waals surface area contributed by atoms with E-state index in [1.54, 1.807) is 30.5 Å². The van der Waals surface area contributed by atoms with Gasteiger partial charge in [-0.1, -0.05) is 42.5 Å². The molecule has 0 saturated heterocycles. The van der Waals surface area contributed by atoms with Crippen LogP contribution in [0.2, 0.25) is 0 Å². The molecule has 1 aromatic heterocycles. The van der Waals surface area contributed by atoms with E-state index in [4.69, 9.17) is 4.74 Å². The van der Waals surface area contributed by atoms with E-state index < -0.39 is 0 Å². The Balaban J connectivity index is 1.34. The van der Waals surface area contributed by atoms with E-state index in [9.17, 15) is 9.18 Å². The quantitative estimate of drug-likeness (QED) is 0.203. The molecule has 0 unspecified atom stereocenters. The Bertz CT molecular complexity index is 1570. The zero-order valence-corrected chi connectivity index (χ0v) is 20.6. The summed E-state index contributed by atoms with van der Waals surface area (Å²) in [6, 6.07) is 29.5. The normalized spacial score (nSPS) is 11.2. The van der Waals surface area contributed by atoms with Crippen molar-refractivity contribution in [3.8, 4) is 11.4 Å². The molecule has 0 radical (unpaired) electrons. The lowest BCUT2D eigenvalue weighted by Crippen LogP contribution is -2.17. The zero-order chi connectivity index (χ0) is 25.8. The molecule has 5 aromatic rings. The predicted molar refractivity (Wildman–Crippen MR) is 145 cm³/mol. The van der Waals surface area contributed by atoms with E-state index in [2.05, 4.69) is 27.2 Å². The van der Waals surface area contributed by atoms with Crippen molar-refractivity contribution < 1.29 is 13.9 Å². The fraction of sp³-hybridized carbons (Fsp3) is 0.0968. The van der Waals surface area contributed by atoms with Gasteiger partial charge in [0.1, 0.15) is 18.2 Å². The van der Waals surface area contributed by atoms with E-state index in [0.29, 0.717) is 11.3 Å². The van der Waals surface area contributed by atoms with Gasteiger partial charge in [-0.2, -0.15) is 5.10 Å². The molecule has 0 aliphatic rings. The number of nitrogens with zero attached hydrogens (tertiary/aromatic N) is 2. The first-order valence-electron chi connectivity index (χ1n) is 12.0. The maximum Gasteiger partial charge on any atom is 0.271 e. The molecule has 5 nitrogen and oxygen atoms in total. The zero-order valence-electron chi connectivity index (χ0n) is 20.6. The van der Waals surface area contributed by atoms with Gasteiger partial charge in [0, 0.05) is 28.2 Å². The van der Waals surface area contributed by atoms with Gasteiger partial charge >= 0.3 is 0 Å². The van der Waals surface area contributed by atoms with Crippen LogP contribution < -0.4 is 10.2 Å². The first-order valence-corrected chi connectivity index (χ1v) is 12.0. The van der Waals surface area contributed by atoms with Gasteiger partial charge in [-0.05, 0) is 84.8 Å². The van der Waals surface area contributed by atoms with Gasteiger partial charge in [-0.15, -0.1) is 0 Å². The Labute approximate surface area is 214 Å². The Morgan fingerprint density at radius 2 is 1.59 bits per heavy atom. The van der Waals surface area contributed by atoms with Crippen LogP contribution >= 0.6 is 0 Å². The lowest BCUT2D eigenvalue weighted by atomic mass is 10.0. The highest BCUT2D eigenvalue weighted by Gasteiger charge is 2.10. The van der Waals surface area contributed by atoms with Crippen LogP contribution in [0, 0.1) is 19.7 Å². The predicted octanol–water partition coefficient (Wildman–Crippen LogP) is 6.73. The summed E-state index contributed by atoms with van der Waals surface area (Å²) in [4.78, 5) is 12.8. The number of amides is 1. The third kappa shape index (κ3) is 5.28. The number of aromatic nitrogens is 1. The van der Waals surface area contributed by atoms with Gasteiger partial charge in [-0.25, -0.2) is 9.82 Å². The summed E-state index contributed by atoms with van der Waals surface area (Å²) in [6.07, 6.45) is 1.60. The highest BCUT2D eigenvalue weighted by molar-refractivity contribution is 6.03. The van der Waals surface area contributed by atoms with Crippen LogP contribution in [0.25, 0.3) is 16.5 Å². The van der Waals surface area contributed by atoms with E-state index in [0.717, 1.165) is 39.0 Å². The Hall–Kier alpha value is -4.71. The maximum absolute atomic E-state index is 13.2. The number of halogens is 1. The number of hydrazone groups is 1. The summed E-state index contributed by atoms with van der Waals surface area (Å²) in [5, 5.41) is 6.20. The van der Waals surface area contributed by atoms with Crippen molar-refractivity contribution in [2.24, 2.45) is 5.10 Å². The number of carbonyl (C=O) groups excluding carboxylic acids is 1. The number of rotatable bonds is 7. The number of fused-ring (bicyclic) bond motifs is 1. The topological polar surface area (TPSA) is 55.6 Å². The molecule has 0 saturated carbocycles. The van der Waals surface area contributed by atoms with Crippen LogP contribution in [-0.4, -0.2) is 16.7 Å². The standard InChI is InChI=1S/C31H26FN3O2/c1-21-7-8-22(2)35(21)27-16-11-25(12-17-27)31(36)34-33-19-29-28-6-4-3-5-24(28)13-18-30(29)37-20-23-9-14-26(32)15-10-23/h3-19H,20H2,1-2H3,(H,34,36)/b33-19+. The molecule has 0 aliphatic carbocycles. The Kier molecular flexibility index (Phi) is 6.81. The van der Waals surface area contributed by atoms with Crippen LogP contribution in [0.5, 0.6) is 5.75 Å². The van der Waals surface area contributed by atoms with Gasteiger partial charge in [0.15, 0.2) is 0 Å². The highest BCUT2D eigenvalue weighted by atomic mass is 19.1. The highest BCUT2D eigenvalue weighted by Crippen LogP contribution is 2.27. The van der Waals surface area contributed by atoms with Crippen molar-refractivity contribution in [1.29, 1.82) is 0 Å². The van der Waals surface area contributed by atoms with Crippen LogP contribution in [0.1, 0.15) is 32.9 Å². The Morgan fingerprint density at radius 3 is 2.32 bits per heavy atom. The second-order valence-corrected chi connectivity index (χ2v) is 8.81. The monoisotopic (exact) mass is 491 g/mol. The summed E-state index contributed by atoms with van der Waals surface area (Å²) in [5.41, 5.74) is 7.98. The minimum Gasteiger partial charge on any atom is -0.488 e. The first-order chi connectivity index (χ1) is 18.0. The first kappa shape index (κ1) is 24.0. The molecule has 5 rings (SSSR count). The average molecular weight is 492 g/mol. The van der Waals surface area contributed by atoms with Crippen molar-refractivity contribution >= 4 is 22.9 Å². The lowest BCUT2D eigenvalue weighted by molar-refractivity contribution is 0.0955. The number of carbonyl (C=O) groups is 1. The van der Waals surface area contributed by atoms with Gasteiger partial charge in [0.2, 0.25) is 0 Å². The molecule has 1 N–H and O–H groups in total. The molecular formula is C31H26FN3O2. The van der Waals surface area contributed by atoms with E-state index in [-0.39, 0.29) is 18.3 Å². The van der Waals surface area contributed by atoms with Crippen molar-refractivity contribution in [1.82, 2.24) is 9.99 Å². The fourth-order valence-electron chi connectivity index (χ4n) is 4.33. The number of ether oxygens (including phenoxy) is 1. The second kappa shape index (κ2) is 10.5. The molecular weight excluding hydrogens is 465 g/mol. The molecule has 0 fully saturated rings. The number of hydrogen-bond acceptors (Lipinski definition) is 3.